The van der Waals surface area contributed by atoms with E-state index in [1.54, 1.807) is 38.1 Å². The van der Waals surface area contributed by atoms with Crippen molar-refractivity contribution in [2.75, 3.05) is 13.1 Å². The van der Waals surface area contributed by atoms with Gasteiger partial charge in [-0.1, -0.05) is 11.6 Å². The molecule has 0 aliphatic carbocycles. The summed E-state index contributed by atoms with van der Waals surface area (Å²) in [6.45, 7) is 5.88. The Hall–Kier alpha value is -2.97. The number of hydrogen-bond donors (Lipinski definition) is 1. The maximum Gasteiger partial charge on any atom is 0.416 e. The lowest BCUT2D eigenvalue weighted by Gasteiger charge is -2.34. The van der Waals surface area contributed by atoms with Crippen molar-refractivity contribution < 1.29 is 22.7 Å². The monoisotopic (exact) mass is 519 g/mol. The number of nitrogens with one attached hydrogen (secondary N) is 1. The van der Waals surface area contributed by atoms with Gasteiger partial charge in [0, 0.05) is 48.8 Å². The number of ether oxygens (including phenoxy) is 1. The minimum Gasteiger partial charge on any atom is -0.478 e. The summed E-state index contributed by atoms with van der Waals surface area (Å²) in [6, 6.07) is 14.1. The van der Waals surface area contributed by atoms with Crippen LogP contribution in [0.25, 0.3) is 5.69 Å². The Morgan fingerprint density at radius 1 is 1.03 bits per heavy atom. The highest BCUT2D eigenvalue weighted by Gasteiger charge is 2.33. The number of aromatic nitrogens is 1. The molecule has 1 aliphatic heterocycles. The highest BCUT2D eigenvalue weighted by molar-refractivity contribution is 6.30. The summed E-state index contributed by atoms with van der Waals surface area (Å²) in [5.41, 5.74) is 0.0779. The van der Waals surface area contributed by atoms with Crippen LogP contribution in [-0.2, 0) is 17.5 Å². The van der Waals surface area contributed by atoms with Crippen LogP contribution in [0.2, 0.25) is 5.02 Å². The van der Waals surface area contributed by atoms with Gasteiger partial charge < -0.3 is 14.6 Å². The molecule has 0 bridgehead atoms. The maximum atomic E-state index is 12.8. The predicted octanol–water partition coefficient (Wildman–Crippen LogP) is 6.09. The molecule has 1 amide bonds. The highest BCUT2D eigenvalue weighted by Crippen LogP contribution is 2.30. The van der Waals surface area contributed by atoms with Gasteiger partial charge in [0.2, 0.25) is 0 Å². The average molecular weight is 520 g/mol. The molecule has 9 heteroatoms. The Kier molecular flexibility index (Phi) is 7.66. The normalized spacial score (nSPS) is 15.6. The van der Waals surface area contributed by atoms with Crippen LogP contribution in [0, 0.1) is 0 Å². The van der Waals surface area contributed by atoms with Gasteiger partial charge in [0.25, 0.3) is 5.91 Å². The first-order valence-corrected chi connectivity index (χ1v) is 12.2. The number of carbonyl (C=O) groups excluding carboxylic acids is 1. The number of alkyl halides is 3. The number of piperidine rings is 1. The van der Waals surface area contributed by atoms with E-state index in [9.17, 15) is 18.0 Å². The first-order valence-electron chi connectivity index (χ1n) is 11.8. The van der Waals surface area contributed by atoms with Gasteiger partial charge >= 0.3 is 6.18 Å². The molecule has 2 heterocycles. The summed E-state index contributed by atoms with van der Waals surface area (Å²) in [5, 5.41) is 3.72. The van der Waals surface area contributed by atoms with Crippen LogP contribution in [0.15, 0.2) is 67.0 Å². The third-order valence-electron chi connectivity index (χ3n) is 6.31. The van der Waals surface area contributed by atoms with E-state index >= 15 is 0 Å². The molecule has 2 aromatic carbocycles. The Balaban J connectivity index is 1.26. The van der Waals surface area contributed by atoms with E-state index < -0.39 is 17.3 Å². The summed E-state index contributed by atoms with van der Waals surface area (Å²) in [7, 11) is 0. The lowest BCUT2D eigenvalue weighted by Crippen LogP contribution is -2.52. The Morgan fingerprint density at radius 2 is 1.67 bits per heavy atom. The van der Waals surface area contributed by atoms with Gasteiger partial charge in [-0.05, 0) is 86.8 Å². The highest BCUT2D eigenvalue weighted by atomic mass is 35.5. The predicted molar refractivity (Wildman–Crippen MR) is 133 cm³/mol. The molecule has 1 aliphatic rings. The summed E-state index contributed by atoms with van der Waals surface area (Å²) in [5.74, 6) is 0.419. The molecule has 0 saturated carbocycles. The van der Waals surface area contributed by atoms with Crippen LogP contribution in [0.1, 0.15) is 37.8 Å². The average Bonchev–Trinajstić information content (AvgIpc) is 3.30. The zero-order valence-corrected chi connectivity index (χ0v) is 20.9. The fraction of sp³-hybridized carbons (Fsp3) is 0.370. The van der Waals surface area contributed by atoms with Gasteiger partial charge in [-0.25, -0.2) is 0 Å². The molecule has 1 aromatic heterocycles. The molecule has 3 aromatic rings. The number of nitrogens with zero attached hydrogens (tertiary/aromatic N) is 2. The summed E-state index contributed by atoms with van der Waals surface area (Å²) in [6.07, 6.45) is 1.09. The first kappa shape index (κ1) is 26.1. The molecule has 36 heavy (non-hydrogen) atoms. The number of halogens is 4. The second-order valence-corrected chi connectivity index (χ2v) is 10.00. The smallest absolute Gasteiger partial charge is 0.416 e. The molecular weight excluding hydrogens is 491 g/mol. The van der Waals surface area contributed by atoms with Crippen LogP contribution in [-0.4, -0.2) is 40.1 Å². The second-order valence-electron chi connectivity index (χ2n) is 9.56. The zero-order valence-electron chi connectivity index (χ0n) is 20.2. The summed E-state index contributed by atoms with van der Waals surface area (Å²) < 4.78 is 46.1. The maximum absolute atomic E-state index is 12.8. The number of amides is 1. The third kappa shape index (κ3) is 6.62. The Bertz CT molecular complexity index is 1170. The number of likely N-dealkylation sites (tertiary alicyclic amines) is 1. The number of carbonyl (C=O) groups is 1. The standard InChI is InChI=1S/C27H29ClF3N3O2/c1-26(2,36-24-9-5-21(28)6-10-24)25(35)32-22-12-14-33(15-13-22)17-19-11-16-34(18-19)23-7-3-20(4-8-23)27(29,30)31/h3-11,16,18,22H,12-15,17H2,1-2H3,(H,32,35). The molecule has 4 rings (SSSR count). The molecule has 1 fully saturated rings. The van der Waals surface area contributed by atoms with Crippen molar-refractivity contribution >= 4 is 17.5 Å². The molecule has 5 nitrogen and oxygen atoms in total. The van der Waals surface area contributed by atoms with Crippen molar-refractivity contribution in [2.24, 2.45) is 0 Å². The minimum atomic E-state index is -4.34. The van der Waals surface area contributed by atoms with E-state index in [-0.39, 0.29) is 11.9 Å². The molecule has 1 saturated heterocycles. The van der Waals surface area contributed by atoms with Crippen molar-refractivity contribution in [1.29, 1.82) is 0 Å². The van der Waals surface area contributed by atoms with Crippen molar-refractivity contribution in [1.82, 2.24) is 14.8 Å². The molecule has 0 spiro atoms. The van der Waals surface area contributed by atoms with Gasteiger partial charge in [0.1, 0.15) is 5.75 Å². The third-order valence-corrected chi connectivity index (χ3v) is 6.56. The number of benzene rings is 2. The largest absolute Gasteiger partial charge is 0.478 e. The van der Waals surface area contributed by atoms with E-state index in [1.165, 1.54) is 12.1 Å². The van der Waals surface area contributed by atoms with Gasteiger partial charge in [-0.2, -0.15) is 13.2 Å². The van der Waals surface area contributed by atoms with E-state index in [0.717, 1.165) is 50.2 Å². The lowest BCUT2D eigenvalue weighted by atomic mass is 10.0. The van der Waals surface area contributed by atoms with Gasteiger partial charge in [-0.15, -0.1) is 0 Å². The minimum absolute atomic E-state index is 0.0681. The van der Waals surface area contributed by atoms with E-state index in [4.69, 9.17) is 16.3 Å². The second kappa shape index (κ2) is 10.6. The molecule has 0 unspecified atom stereocenters. The Morgan fingerprint density at radius 3 is 2.28 bits per heavy atom. The quantitative estimate of drug-likeness (QED) is 0.411. The lowest BCUT2D eigenvalue weighted by molar-refractivity contribution is -0.137. The number of rotatable bonds is 7. The molecule has 0 radical (unpaired) electrons. The summed E-state index contributed by atoms with van der Waals surface area (Å²) in [4.78, 5) is 15.2. The Labute approximate surface area is 213 Å². The van der Waals surface area contributed by atoms with Crippen molar-refractivity contribution in [3.63, 3.8) is 0 Å². The van der Waals surface area contributed by atoms with Crippen molar-refractivity contribution in [2.45, 2.75) is 51.1 Å². The SMILES string of the molecule is CC(C)(Oc1ccc(Cl)cc1)C(=O)NC1CCN(Cc2ccn(-c3ccc(C(F)(F)F)cc3)c2)CC1. The molecule has 0 atom stereocenters. The topological polar surface area (TPSA) is 46.5 Å². The van der Waals surface area contributed by atoms with E-state index in [1.807, 2.05) is 23.0 Å². The van der Waals surface area contributed by atoms with Crippen LogP contribution in [0.5, 0.6) is 5.75 Å². The number of hydrogen-bond acceptors (Lipinski definition) is 3. The van der Waals surface area contributed by atoms with E-state index in [0.29, 0.717) is 16.5 Å². The van der Waals surface area contributed by atoms with Crippen LogP contribution in [0.4, 0.5) is 13.2 Å². The summed E-state index contributed by atoms with van der Waals surface area (Å²) >= 11 is 5.91. The molecule has 1 N–H and O–H groups in total. The fourth-order valence-electron chi connectivity index (χ4n) is 4.21. The van der Waals surface area contributed by atoms with Crippen LogP contribution >= 0.6 is 11.6 Å². The molecule has 192 valence electrons. The van der Waals surface area contributed by atoms with Gasteiger partial charge in [-0.3, -0.25) is 9.69 Å². The van der Waals surface area contributed by atoms with Crippen molar-refractivity contribution in [3.8, 4) is 11.4 Å². The first-order chi connectivity index (χ1) is 17.0. The molecular formula is C27H29ClF3N3O2. The van der Waals surface area contributed by atoms with Crippen LogP contribution in [0.3, 0.4) is 0 Å². The zero-order chi connectivity index (χ0) is 25.9. The van der Waals surface area contributed by atoms with Crippen LogP contribution < -0.4 is 10.1 Å². The fourth-order valence-corrected chi connectivity index (χ4v) is 4.34. The van der Waals surface area contributed by atoms with Crippen molar-refractivity contribution in [3.05, 3.63) is 83.1 Å². The van der Waals surface area contributed by atoms with E-state index in [2.05, 4.69) is 10.2 Å². The van der Waals surface area contributed by atoms with Gasteiger partial charge in [0.05, 0.1) is 5.56 Å². The van der Waals surface area contributed by atoms with Gasteiger partial charge in [0.15, 0.2) is 5.60 Å².